The van der Waals surface area contributed by atoms with Crippen molar-refractivity contribution >= 4 is 19.8 Å². The molecule has 0 atom stereocenters. The molecule has 9 heteroatoms. The molecular weight excluding hydrogens is 255 g/mol. The molecular formula is C8H9O8P. The summed E-state index contributed by atoms with van der Waals surface area (Å²) < 4.78 is 8.88. The molecule has 5 N–H and O–H groups in total. The predicted octanol–water partition coefficient (Wildman–Crippen LogP) is 0.154. The maximum Gasteiger partial charge on any atom is 0.466 e. The maximum absolute atomic E-state index is 10.5. The van der Waals surface area contributed by atoms with E-state index in [9.17, 15) is 9.59 Å². The molecule has 0 saturated heterocycles. The highest BCUT2D eigenvalue weighted by Gasteiger charge is 2.13. The number of phosphoric acid groups is 1. The lowest BCUT2D eigenvalue weighted by Gasteiger charge is -1.98. The lowest BCUT2D eigenvalue weighted by Crippen LogP contribution is -2.06. The SMILES string of the molecule is O=C(O)c1ccccc1C(=O)O.O=P(O)(O)O. The van der Waals surface area contributed by atoms with E-state index in [2.05, 4.69) is 0 Å². The zero-order valence-electron chi connectivity index (χ0n) is 8.22. The third-order valence-electron chi connectivity index (χ3n) is 1.39. The standard InChI is InChI=1S/C8H6O4.H3O4P/c9-7(10)5-3-1-2-4-6(5)8(11)12;1-5(2,3)4/h1-4H,(H,9,10)(H,11,12);(H3,1,2,3,4). The normalized spacial score (nSPS) is 10.1. The molecule has 0 saturated carbocycles. The predicted molar refractivity (Wildman–Crippen MR) is 54.6 cm³/mol. The van der Waals surface area contributed by atoms with E-state index in [1.807, 2.05) is 0 Å². The Balaban J connectivity index is 0.000000437. The minimum absolute atomic E-state index is 0.190. The van der Waals surface area contributed by atoms with Crippen molar-refractivity contribution in [2.24, 2.45) is 0 Å². The fourth-order valence-corrected chi connectivity index (χ4v) is 0.856. The number of carboxylic acid groups (broad SMARTS) is 2. The summed E-state index contributed by atoms with van der Waals surface area (Å²) in [6, 6.07) is 5.48. The summed E-state index contributed by atoms with van der Waals surface area (Å²) in [5.41, 5.74) is -0.380. The summed E-state index contributed by atoms with van der Waals surface area (Å²) in [5.74, 6) is -2.46. The molecule has 0 heterocycles. The van der Waals surface area contributed by atoms with Gasteiger partial charge in [0, 0.05) is 0 Å². The third kappa shape index (κ3) is 7.20. The van der Waals surface area contributed by atoms with Crippen LogP contribution in [0.15, 0.2) is 24.3 Å². The smallest absolute Gasteiger partial charge is 0.466 e. The summed E-state index contributed by atoms with van der Waals surface area (Å²) >= 11 is 0. The first kappa shape index (κ1) is 15.3. The Morgan fingerprint density at radius 3 is 1.29 bits per heavy atom. The van der Waals surface area contributed by atoms with E-state index in [1.54, 1.807) is 0 Å². The molecule has 0 radical (unpaired) electrons. The van der Waals surface area contributed by atoms with E-state index >= 15 is 0 Å². The summed E-state index contributed by atoms with van der Waals surface area (Å²) in [6.07, 6.45) is 0. The molecule has 0 amide bonds. The number of hydrogen-bond acceptors (Lipinski definition) is 3. The Morgan fingerprint density at radius 1 is 0.882 bits per heavy atom. The zero-order valence-corrected chi connectivity index (χ0v) is 9.11. The molecule has 1 aromatic rings. The average molecular weight is 264 g/mol. The van der Waals surface area contributed by atoms with Crippen molar-refractivity contribution in [2.75, 3.05) is 0 Å². The molecule has 1 rings (SSSR count). The van der Waals surface area contributed by atoms with E-state index in [0.29, 0.717) is 0 Å². The minimum Gasteiger partial charge on any atom is -0.478 e. The Hall–Kier alpha value is -1.73. The number of benzene rings is 1. The van der Waals surface area contributed by atoms with Crippen molar-refractivity contribution in [1.29, 1.82) is 0 Å². The van der Waals surface area contributed by atoms with Crippen molar-refractivity contribution in [2.45, 2.75) is 0 Å². The molecule has 0 bridgehead atoms. The summed E-state index contributed by atoms with van der Waals surface area (Å²) in [4.78, 5) is 42.5. The highest BCUT2D eigenvalue weighted by molar-refractivity contribution is 7.45. The van der Waals surface area contributed by atoms with Crippen molar-refractivity contribution in [3.8, 4) is 0 Å². The van der Waals surface area contributed by atoms with Gasteiger partial charge in [-0.15, -0.1) is 0 Å². The highest BCUT2D eigenvalue weighted by Crippen LogP contribution is 2.25. The van der Waals surface area contributed by atoms with E-state index in [1.165, 1.54) is 24.3 Å². The van der Waals surface area contributed by atoms with Gasteiger partial charge in [0.15, 0.2) is 0 Å². The third-order valence-corrected chi connectivity index (χ3v) is 1.39. The Kier molecular flexibility index (Phi) is 5.49. The first-order chi connectivity index (χ1) is 7.63. The Bertz CT molecular complexity index is 421. The molecule has 0 fully saturated rings. The zero-order chi connectivity index (χ0) is 13.6. The number of carbonyl (C=O) groups is 2. The van der Waals surface area contributed by atoms with Crippen LogP contribution in [0.5, 0.6) is 0 Å². The van der Waals surface area contributed by atoms with Crippen LogP contribution in [0.2, 0.25) is 0 Å². The van der Waals surface area contributed by atoms with Crippen LogP contribution in [-0.4, -0.2) is 36.8 Å². The monoisotopic (exact) mass is 264 g/mol. The van der Waals surface area contributed by atoms with Crippen LogP contribution in [0.4, 0.5) is 0 Å². The molecule has 94 valence electrons. The van der Waals surface area contributed by atoms with Gasteiger partial charge in [0.05, 0.1) is 11.1 Å². The average Bonchev–Trinajstić information content (AvgIpc) is 2.15. The molecule has 17 heavy (non-hydrogen) atoms. The number of aromatic carboxylic acids is 2. The number of rotatable bonds is 2. The van der Waals surface area contributed by atoms with Crippen molar-refractivity contribution in [3.05, 3.63) is 35.4 Å². The second kappa shape index (κ2) is 6.12. The van der Waals surface area contributed by atoms with Gasteiger partial charge < -0.3 is 24.9 Å². The van der Waals surface area contributed by atoms with E-state index in [0.717, 1.165) is 0 Å². The van der Waals surface area contributed by atoms with Gasteiger partial charge in [-0.2, -0.15) is 0 Å². The van der Waals surface area contributed by atoms with Crippen molar-refractivity contribution in [1.82, 2.24) is 0 Å². The largest absolute Gasteiger partial charge is 0.478 e. The van der Waals surface area contributed by atoms with E-state index in [-0.39, 0.29) is 11.1 Å². The van der Waals surface area contributed by atoms with Crippen LogP contribution < -0.4 is 0 Å². The molecule has 0 aliphatic rings. The molecule has 0 aromatic heterocycles. The molecule has 1 aromatic carbocycles. The highest BCUT2D eigenvalue weighted by atomic mass is 31.2. The fourth-order valence-electron chi connectivity index (χ4n) is 0.856. The van der Waals surface area contributed by atoms with Crippen molar-refractivity contribution in [3.63, 3.8) is 0 Å². The van der Waals surface area contributed by atoms with Gasteiger partial charge in [0.2, 0.25) is 0 Å². The van der Waals surface area contributed by atoms with Gasteiger partial charge >= 0.3 is 19.8 Å². The van der Waals surface area contributed by atoms with Gasteiger partial charge in [-0.25, -0.2) is 14.2 Å². The van der Waals surface area contributed by atoms with Gasteiger partial charge in [0.1, 0.15) is 0 Å². The second-order valence-electron chi connectivity index (χ2n) is 2.67. The van der Waals surface area contributed by atoms with Crippen LogP contribution in [0.1, 0.15) is 20.7 Å². The Labute approximate surface area is 95.0 Å². The quantitative estimate of drug-likeness (QED) is 0.473. The van der Waals surface area contributed by atoms with Gasteiger partial charge in [0.25, 0.3) is 0 Å². The van der Waals surface area contributed by atoms with E-state index in [4.69, 9.17) is 29.5 Å². The molecule has 0 aliphatic heterocycles. The van der Waals surface area contributed by atoms with Crippen LogP contribution in [-0.2, 0) is 4.57 Å². The number of hydrogen-bond donors (Lipinski definition) is 5. The van der Waals surface area contributed by atoms with Gasteiger partial charge in [-0.05, 0) is 12.1 Å². The van der Waals surface area contributed by atoms with Crippen LogP contribution in [0, 0.1) is 0 Å². The summed E-state index contributed by atoms with van der Waals surface area (Å²) in [6.45, 7) is 0. The first-order valence-corrected chi connectivity index (χ1v) is 5.53. The van der Waals surface area contributed by atoms with Crippen molar-refractivity contribution < 1.29 is 39.0 Å². The summed E-state index contributed by atoms with van der Waals surface area (Å²) in [7, 11) is -4.64. The topological polar surface area (TPSA) is 152 Å². The van der Waals surface area contributed by atoms with Gasteiger partial charge in [-0.1, -0.05) is 12.1 Å². The first-order valence-electron chi connectivity index (χ1n) is 3.97. The lowest BCUT2D eigenvalue weighted by atomic mass is 10.1. The Morgan fingerprint density at radius 2 is 1.12 bits per heavy atom. The lowest BCUT2D eigenvalue weighted by molar-refractivity contribution is 0.0651. The minimum atomic E-state index is -4.64. The summed E-state index contributed by atoms with van der Waals surface area (Å²) in [5, 5.41) is 17.1. The van der Waals surface area contributed by atoms with E-state index < -0.39 is 19.8 Å². The maximum atomic E-state index is 10.5. The second-order valence-corrected chi connectivity index (χ2v) is 3.70. The van der Waals surface area contributed by atoms with Gasteiger partial charge in [-0.3, -0.25) is 0 Å². The molecule has 0 unspecified atom stereocenters. The van der Waals surface area contributed by atoms with Crippen LogP contribution in [0.25, 0.3) is 0 Å². The fraction of sp³-hybridized carbons (Fsp3) is 0. The molecule has 0 aliphatic carbocycles. The van der Waals surface area contributed by atoms with Crippen LogP contribution in [0.3, 0.4) is 0 Å². The van der Waals surface area contributed by atoms with Crippen LogP contribution >= 0.6 is 7.82 Å². The molecule has 0 spiro atoms. The number of carboxylic acids is 2. The molecule has 8 nitrogen and oxygen atoms in total.